The monoisotopic (exact) mass is 324 g/mol. The first-order valence-corrected chi connectivity index (χ1v) is 7.66. The molecule has 0 fully saturated rings. The Hall–Kier alpha value is -3.00. The van der Waals surface area contributed by atoms with Crippen LogP contribution in [0.15, 0.2) is 48.7 Å². The molecular weight excluding hydrogens is 304 g/mol. The highest BCUT2D eigenvalue weighted by Gasteiger charge is 2.13. The van der Waals surface area contributed by atoms with E-state index in [0.29, 0.717) is 11.5 Å². The fourth-order valence-electron chi connectivity index (χ4n) is 1.80. The Bertz CT molecular complexity index is 703. The van der Waals surface area contributed by atoms with Crippen molar-refractivity contribution in [2.45, 2.75) is 20.0 Å². The molecule has 1 aromatic carbocycles. The molecule has 2 aromatic rings. The number of hydrogen-bond donors (Lipinski definition) is 1. The van der Waals surface area contributed by atoms with Crippen LogP contribution in [0.2, 0.25) is 0 Å². The second kappa shape index (κ2) is 9.21. The number of aryl methyl sites for hydroxylation is 1. The van der Waals surface area contributed by atoms with Crippen molar-refractivity contribution in [2.24, 2.45) is 0 Å². The lowest BCUT2D eigenvalue weighted by atomic mass is 10.3. The first-order valence-electron chi connectivity index (χ1n) is 7.66. The summed E-state index contributed by atoms with van der Waals surface area (Å²) in [7, 11) is 0. The summed E-state index contributed by atoms with van der Waals surface area (Å²) in [4.78, 5) is 16.0. The van der Waals surface area contributed by atoms with Crippen molar-refractivity contribution in [1.29, 1.82) is 0 Å². The van der Waals surface area contributed by atoms with Gasteiger partial charge < -0.3 is 14.8 Å². The van der Waals surface area contributed by atoms with Crippen LogP contribution in [0.4, 0.5) is 0 Å². The highest BCUT2D eigenvalue weighted by molar-refractivity contribution is 5.80. The van der Waals surface area contributed by atoms with E-state index in [-0.39, 0.29) is 19.1 Å². The number of carbonyl (C=O) groups excluding carboxylic acids is 1. The lowest BCUT2D eigenvalue weighted by Crippen LogP contribution is -2.36. The first-order chi connectivity index (χ1) is 11.6. The zero-order chi connectivity index (χ0) is 17.2. The molecule has 5 nitrogen and oxygen atoms in total. The Morgan fingerprint density at radius 2 is 1.96 bits per heavy atom. The number of benzene rings is 1. The Kier molecular flexibility index (Phi) is 6.66. The molecule has 1 amide bonds. The quantitative estimate of drug-likeness (QED) is 0.829. The summed E-state index contributed by atoms with van der Waals surface area (Å²) in [6.07, 6.45) is 1.07. The minimum absolute atomic E-state index is 0.211. The number of amides is 1. The fourth-order valence-corrected chi connectivity index (χ4v) is 1.80. The third-order valence-electron chi connectivity index (χ3n) is 3.10. The van der Waals surface area contributed by atoms with E-state index < -0.39 is 6.10 Å². The van der Waals surface area contributed by atoms with Crippen molar-refractivity contribution in [2.75, 3.05) is 13.2 Å². The van der Waals surface area contributed by atoms with E-state index in [2.05, 4.69) is 22.1 Å². The zero-order valence-electron chi connectivity index (χ0n) is 13.8. The molecule has 0 saturated carbocycles. The molecule has 1 heterocycles. The van der Waals surface area contributed by atoms with E-state index in [1.807, 2.05) is 37.3 Å². The van der Waals surface area contributed by atoms with Crippen molar-refractivity contribution in [3.63, 3.8) is 0 Å². The molecule has 0 spiro atoms. The number of nitrogens with zero attached hydrogens (tertiary/aromatic N) is 1. The number of carbonyl (C=O) groups is 1. The van der Waals surface area contributed by atoms with E-state index >= 15 is 0 Å². The predicted molar refractivity (Wildman–Crippen MR) is 91.8 cm³/mol. The van der Waals surface area contributed by atoms with Gasteiger partial charge in [-0.15, -0.1) is 0 Å². The van der Waals surface area contributed by atoms with Crippen molar-refractivity contribution >= 4 is 5.91 Å². The minimum atomic E-state index is -0.580. The molecule has 5 heteroatoms. The summed E-state index contributed by atoms with van der Waals surface area (Å²) in [5.74, 6) is 6.79. The maximum Gasteiger partial charge on any atom is 0.261 e. The van der Waals surface area contributed by atoms with Crippen LogP contribution in [0.5, 0.6) is 11.5 Å². The number of rotatable bonds is 6. The SMILES string of the molecule is Cc1ccc(OCC#CCNC(=O)C(C)Oc2ccccc2)cn1. The van der Waals surface area contributed by atoms with Gasteiger partial charge in [0, 0.05) is 5.69 Å². The molecule has 2 rings (SSSR count). The smallest absolute Gasteiger partial charge is 0.261 e. The minimum Gasteiger partial charge on any atom is -0.481 e. The lowest BCUT2D eigenvalue weighted by molar-refractivity contribution is -0.126. The molecule has 0 bridgehead atoms. The third-order valence-corrected chi connectivity index (χ3v) is 3.10. The third kappa shape index (κ3) is 6.01. The van der Waals surface area contributed by atoms with E-state index in [4.69, 9.17) is 9.47 Å². The van der Waals surface area contributed by atoms with Gasteiger partial charge in [-0.1, -0.05) is 30.0 Å². The summed E-state index contributed by atoms with van der Waals surface area (Å²) in [5, 5.41) is 2.70. The van der Waals surface area contributed by atoms with E-state index in [1.165, 1.54) is 0 Å². The summed E-state index contributed by atoms with van der Waals surface area (Å²) < 4.78 is 11.0. The van der Waals surface area contributed by atoms with Crippen LogP contribution < -0.4 is 14.8 Å². The molecule has 0 saturated heterocycles. The second-order valence-corrected chi connectivity index (χ2v) is 5.07. The van der Waals surface area contributed by atoms with Crippen LogP contribution in [-0.4, -0.2) is 30.1 Å². The predicted octanol–water partition coefficient (Wildman–Crippen LogP) is 2.36. The molecule has 1 N–H and O–H groups in total. The van der Waals surface area contributed by atoms with Gasteiger partial charge in [0.2, 0.25) is 0 Å². The highest BCUT2D eigenvalue weighted by atomic mass is 16.5. The van der Waals surface area contributed by atoms with Crippen molar-refractivity contribution in [1.82, 2.24) is 10.3 Å². The summed E-state index contributed by atoms with van der Waals surface area (Å²) in [6.45, 7) is 4.10. The normalized spacial score (nSPS) is 10.9. The molecule has 124 valence electrons. The van der Waals surface area contributed by atoms with Gasteiger partial charge in [0.25, 0.3) is 5.91 Å². The van der Waals surface area contributed by atoms with E-state index in [0.717, 1.165) is 5.69 Å². The van der Waals surface area contributed by atoms with Crippen molar-refractivity contribution in [3.05, 3.63) is 54.4 Å². The number of hydrogen-bond acceptors (Lipinski definition) is 4. The highest BCUT2D eigenvalue weighted by Crippen LogP contribution is 2.10. The van der Waals surface area contributed by atoms with Gasteiger partial charge in [0.15, 0.2) is 6.10 Å². The Labute approximate surface area is 142 Å². The number of aromatic nitrogens is 1. The number of ether oxygens (including phenoxy) is 2. The number of para-hydroxylation sites is 1. The average Bonchev–Trinajstić information content (AvgIpc) is 2.60. The van der Waals surface area contributed by atoms with Gasteiger partial charge in [0.05, 0.1) is 12.7 Å². The van der Waals surface area contributed by atoms with Crippen LogP contribution in [0.3, 0.4) is 0 Å². The average molecular weight is 324 g/mol. The fraction of sp³-hybridized carbons (Fsp3) is 0.263. The van der Waals surface area contributed by atoms with E-state index in [1.54, 1.807) is 25.3 Å². The zero-order valence-corrected chi connectivity index (χ0v) is 13.8. The topological polar surface area (TPSA) is 60.5 Å². The van der Waals surface area contributed by atoms with Crippen molar-refractivity contribution in [3.8, 4) is 23.3 Å². The number of nitrogens with one attached hydrogen (secondary N) is 1. The molecule has 1 unspecified atom stereocenters. The Balaban J connectivity index is 1.66. The molecule has 1 atom stereocenters. The number of pyridine rings is 1. The van der Waals surface area contributed by atoms with Gasteiger partial charge in [-0.3, -0.25) is 9.78 Å². The lowest BCUT2D eigenvalue weighted by Gasteiger charge is -2.13. The first kappa shape index (κ1) is 17.4. The van der Waals surface area contributed by atoms with Gasteiger partial charge in [0.1, 0.15) is 18.1 Å². The van der Waals surface area contributed by atoms with Crippen LogP contribution in [0, 0.1) is 18.8 Å². The standard InChI is InChI=1S/C19H20N2O3/c1-15-10-11-18(14-21-15)23-13-7-6-12-20-19(22)16(2)24-17-8-4-3-5-9-17/h3-5,8-11,14,16H,12-13H2,1-2H3,(H,20,22). The Morgan fingerprint density at radius 1 is 1.17 bits per heavy atom. The molecule has 0 aliphatic rings. The van der Waals surface area contributed by atoms with Crippen LogP contribution in [-0.2, 0) is 4.79 Å². The van der Waals surface area contributed by atoms with Gasteiger partial charge in [-0.25, -0.2) is 0 Å². The molecule has 1 aromatic heterocycles. The van der Waals surface area contributed by atoms with Gasteiger partial charge in [-0.05, 0) is 38.1 Å². The Morgan fingerprint density at radius 3 is 2.67 bits per heavy atom. The van der Waals surface area contributed by atoms with Crippen molar-refractivity contribution < 1.29 is 14.3 Å². The van der Waals surface area contributed by atoms with Gasteiger partial charge >= 0.3 is 0 Å². The summed E-state index contributed by atoms with van der Waals surface area (Å²) in [5.41, 5.74) is 0.933. The molecule has 0 aliphatic carbocycles. The maximum absolute atomic E-state index is 11.9. The molecule has 0 radical (unpaired) electrons. The second-order valence-electron chi connectivity index (χ2n) is 5.07. The molecule has 0 aliphatic heterocycles. The summed E-state index contributed by atoms with van der Waals surface area (Å²) in [6, 6.07) is 12.9. The van der Waals surface area contributed by atoms with Crippen LogP contribution >= 0.6 is 0 Å². The largest absolute Gasteiger partial charge is 0.481 e. The van der Waals surface area contributed by atoms with E-state index in [9.17, 15) is 4.79 Å². The van der Waals surface area contributed by atoms with Crippen LogP contribution in [0.25, 0.3) is 0 Å². The molecule has 24 heavy (non-hydrogen) atoms. The van der Waals surface area contributed by atoms with Crippen LogP contribution in [0.1, 0.15) is 12.6 Å². The van der Waals surface area contributed by atoms with Gasteiger partial charge in [-0.2, -0.15) is 0 Å². The molecular formula is C19H20N2O3. The maximum atomic E-state index is 11.9. The summed E-state index contributed by atoms with van der Waals surface area (Å²) >= 11 is 0.